The van der Waals surface area contributed by atoms with Crippen molar-refractivity contribution < 1.29 is 18.7 Å². The number of carbonyl (C=O) groups is 1. The fourth-order valence-corrected chi connectivity index (χ4v) is 4.06. The average Bonchev–Trinajstić information content (AvgIpc) is 2.79. The van der Waals surface area contributed by atoms with Crippen LogP contribution in [0.4, 0.5) is 10.1 Å². The largest absolute Gasteiger partial charge is 0.491 e. The van der Waals surface area contributed by atoms with E-state index in [1.54, 1.807) is 24.4 Å². The molecule has 6 heteroatoms. The van der Waals surface area contributed by atoms with Crippen LogP contribution >= 0.6 is 0 Å². The maximum absolute atomic E-state index is 14.7. The molecule has 1 aliphatic heterocycles. The smallest absolute Gasteiger partial charge is 0.235 e. The molecular weight excluding hydrogens is 395 g/mol. The number of pyridine rings is 1. The lowest BCUT2D eigenvalue weighted by molar-refractivity contribution is -0.125. The van der Waals surface area contributed by atoms with Crippen LogP contribution in [0.2, 0.25) is 0 Å². The first kappa shape index (κ1) is 21.2. The maximum atomic E-state index is 14.7. The first-order valence-electron chi connectivity index (χ1n) is 10.7. The number of nitrogens with zero attached hydrogens (tertiary/aromatic N) is 1. The molecule has 0 radical (unpaired) electrons. The summed E-state index contributed by atoms with van der Waals surface area (Å²) < 4.78 is 26.1. The molecule has 31 heavy (non-hydrogen) atoms. The molecule has 1 aliphatic rings. The zero-order valence-corrected chi connectivity index (χ0v) is 17.9. The van der Waals surface area contributed by atoms with Crippen LogP contribution in [-0.2, 0) is 14.9 Å². The van der Waals surface area contributed by atoms with Crippen LogP contribution < -0.4 is 10.1 Å². The molecule has 0 saturated carbocycles. The van der Waals surface area contributed by atoms with E-state index in [0.717, 1.165) is 5.39 Å². The van der Waals surface area contributed by atoms with E-state index < -0.39 is 5.41 Å². The number of hydrogen-bond donors (Lipinski definition) is 1. The van der Waals surface area contributed by atoms with Crippen molar-refractivity contribution >= 4 is 22.5 Å². The summed E-state index contributed by atoms with van der Waals surface area (Å²) in [6.45, 7) is 5.56. The summed E-state index contributed by atoms with van der Waals surface area (Å²) in [5.41, 5.74) is 0.750. The molecule has 0 atom stereocenters. The van der Waals surface area contributed by atoms with E-state index in [4.69, 9.17) is 9.47 Å². The summed E-state index contributed by atoms with van der Waals surface area (Å²) in [4.78, 5) is 18.1. The van der Waals surface area contributed by atoms with Gasteiger partial charge in [-0.1, -0.05) is 32.0 Å². The van der Waals surface area contributed by atoms with Crippen LogP contribution in [0.15, 0.2) is 54.7 Å². The van der Waals surface area contributed by atoms with Gasteiger partial charge in [-0.15, -0.1) is 0 Å². The molecule has 2 aromatic carbocycles. The topological polar surface area (TPSA) is 60.5 Å². The first-order valence-corrected chi connectivity index (χ1v) is 10.7. The van der Waals surface area contributed by atoms with E-state index in [1.807, 2.05) is 24.3 Å². The third kappa shape index (κ3) is 4.26. The van der Waals surface area contributed by atoms with E-state index in [9.17, 15) is 9.18 Å². The van der Waals surface area contributed by atoms with Gasteiger partial charge in [0.15, 0.2) is 0 Å². The summed E-state index contributed by atoms with van der Waals surface area (Å²) in [7, 11) is 0. The van der Waals surface area contributed by atoms with E-state index >= 15 is 0 Å². The Labute approximate surface area is 181 Å². The predicted molar refractivity (Wildman–Crippen MR) is 119 cm³/mol. The molecule has 3 aromatic rings. The standard InChI is InChI=1S/C25H27FN2O3/c1-17(2)16-31-22-10-9-21(18-6-5-13-27-23(18)22)28-24(29)25(11-14-30-15-12-25)19-7-3-4-8-20(19)26/h3-10,13,17H,11-12,14-16H2,1-2H3,(H,28,29). The fourth-order valence-electron chi connectivity index (χ4n) is 4.06. The van der Waals surface area contributed by atoms with Gasteiger partial charge < -0.3 is 14.8 Å². The van der Waals surface area contributed by atoms with Crippen LogP contribution in [0.5, 0.6) is 5.75 Å². The number of nitrogens with one attached hydrogen (secondary N) is 1. The summed E-state index contributed by atoms with van der Waals surface area (Å²) in [5.74, 6) is 0.454. The summed E-state index contributed by atoms with van der Waals surface area (Å²) in [6.07, 6.45) is 2.55. The third-order valence-corrected chi connectivity index (χ3v) is 5.72. The van der Waals surface area contributed by atoms with Crippen molar-refractivity contribution in [1.29, 1.82) is 0 Å². The molecule has 1 aromatic heterocycles. The first-order chi connectivity index (χ1) is 15.0. The fraction of sp³-hybridized carbons (Fsp3) is 0.360. The van der Waals surface area contributed by atoms with E-state index in [2.05, 4.69) is 24.1 Å². The van der Waals surface area contributed by atoms with Gasteiger partial charge in [-0.2, -0.15) is 0 Å². The van der Waals surface area contributed by atoms with Gasteiger partial charge in [0.2, 0.25) is 5.91 Å². The lowest BCUT2D eigenvalue weighted by Gasteiger charge is -2.36. The molecule has 162 valence electrons. The number of hydrogen-bond acceptors (Lipinski definition) is 4. The Hall–Kier alpha value is -2.99. The number of benzene rings is 2. The maximum Gasteiger partial charge on any atom is 0.235 e. The number of aromatic nitrogens is 1. The number of amides is 1. The highest BCUT2D eigenvalue weighted by molar-refractivity contribution is 6.06. The predicted octanol–water partition coefficient (Wildman–Crippen LogP) is 5.10. The molecular formula is C25H27FN2O3. The SMILES string of the molecule is CC(C)COc1ccc(NC(=O)C2(c3ccccc3F)CCOCC2)c2cccnc12. The Balaban J connectivity index is 1.70. The lowest BCUT2D eigenvalue weighted by atomic mass is 9.73. The molecule has 4 rings (SSSR count). The molecule has 5 nitrogen and oxygen atoms in total. The number of halogens is 1. The minimum absolute atomic E-state index is 0.234. The summed E-state index contributed by atoms with van der Waals surface area (Å²) in [5, 5.41) is 3.84. The Bertz CT molecular complexity index is 1080. The number of carbonyl (C=O) groups excluding carboxylic acids is 1. The molecule has 1 saturated heterocycles. The third-order valence-electron chi connectivity index (χ3n) is 5.72. The zero-order valence-electron chi connectivity index (χ0n) is 17.9. The van der Waals surface area contributed by atoms with Crippen molar-refractivity contribution in [3.05, 3.63) is 66.1 Å². The van der Waals surface area contributed by atoms with Crippen LogP contribution in [-0.4, -0.2) is 30.7 Å². The van der Waals surface area contributed by atoms with E-state index in [0.29, 0.717) is 61.1 Å². The second-order valence-corrected chi connectivity index (χ2v) is 8.34. The monoisotopic (exact) mass is 422 g/mol. The van der Waals surface area contributed by atoms with E-state index in [1.165, 1.54) is 6.07 Å². The van der Waals surface area contributed by atoms with Crippen molar-refractivity contribution in [3.8, 4) is 5.75 Å². The molecule has 0 unspecified atom stereocenters. The minimum Gasteiger partial charge on any atom is -0.491 e. The van der Waals surface area contributed by atoms with Crippen molar-refractivity contribution in [3.63, 3.8) is 0 Å². The highest BCUT2D eigenvalue weighted by Gasteiger charge is 2.43. The van der Waals surface area contributed by atoms with Gasteiger partial charge in [0.05, 0.1) is 17.7 Å². The highest BCUT2D eigenvalue weighted by atomic mass is 19.1. The number of fused-ring (bicyclic) bond motifs is 1. The average molecular weight is 423 g/mol. The molecule has 1 fully saturated rings. The van der Waals surface area contributed by atoms with Crippen LogP contribution in [0.1, 0.15) is 32.3 Å². The highest BCUT2D eigenvalue weighted by Crippen LogP contribution is 2.39. The van der Waals surface area contributed by atoms with Crippen molar-refractivity contribution in [2.45, 2.75) is 32.1 Å². The molecule has 0 aliphatic carbocycles. The second-order valence-electron chi connectivity index (χ2n) is 8.34. The van der Waals surface area contributed by atoms with Gasteiger partial charge >= 0.3 is 0 Å². The Morgan fingerprint density at radius 3 is 2.68 bits per heavy atom. The van der Waals surface area contributed by atoms with E-state index in [-0.39, 0.29) is 11.7 Å². The van der Waals surface area contributed by atoms with Crippen LogP contribution in [0.3, 0.4) is 0 Å². The lowest BCUT2D eigenvalue weighted by Crippen LogP contribution is -2.45. The van der Waals surface area contributed by atoms with Gasteiger partial charge in [0.25, 0.3) is 0 Å². The molecule has 1 amide bonds. The normalized spacial score (nSPS) is 15.7. The van der Waals surface area contributed by atoms with Gasteiger partial charge in [0, 0.05) is 30.4 Å². The Morgan fingerprint density at radius 2 is 1.94 bits per heavy atom. The van der Waals surface area contributed by atoms with Crippen LogP contribution in [0, 0.1) is 11.7 Å². The summed E-state index contributed by atoms with van der Waals surface area (Å²) in [6, 6.07) is 13.9. The quantitative estimate of drug-likeness (QED) is 0.601. The van der Waals surface area contributed by atoms with Crippen molar-refractivity contribution in [2.75, 3.05) is 25.1 Å². The van der Waals surface area contributed by atoms with Crippen molar-refractivity contribution in [1.82, 2.24) is 4.98 Å². The van der Waals surface area contributed by atoms with Crippen LogP contribution in [0.25, 0.3) is 10.9 Å². The molecule has 1 N–H and O–H groups in total. The number of anilines is 1. The number of ether oxygens (including phenoxy) is 2. The second kappa shape index (κ2) is 9.02. The van der Waals surface area contributed by atoms with Gasteiger partial charge in [0.1, 0.15) is 17.1 Å². The van der Waals surface area contributed by atoms with Crippen molar-refractivity contribution in [2.24, 2.45) is 5.92 Å². The molecule has 2 heterocycles. The van der Waals surface area contributed by atoms with Gasteiger partial charge in [-0.05, 0) is 49.1 Å². The number of rotatable bonds is 6. The summed E-state index contributed by atoms with van der Waals surface area (Å²) >= 11 is 0. The minimum atomic E-state index is -0.981. The Kier molecular flexibility index (Phi) is 6.18. The Morgan fingerprint density at radius 1 is 1.16 bits per heavy atom. The van der Waals surface area contributed by atoms with Gasteiger partial charge in [-0.3, -0.25) is 9.78 Å². The molecule has 0 spiro atoms. The zero-order chi connectivity index (χ0) is 21.8. The van der Waals surface area contributed by atoms with Gasteiger partial charge in [-0.25, -0.2) is 4.39 Å². The molecule has 0 bridgehead atoms.